The van der Waals surface area contributed by atoms with E-state index in [1.165, 1.54) is 0 Å². The van der Waals surface area contributed by atoms with Gasteiger partial charge in [-0.05, 0) is 12.8 Å². The predicted molar refractivity (Wildman–Crippen MR) is 72.4 cm³/mol. The van der Waals surface area contributed by atoms with E-state index >= 15 is 0 Å². The average Bonchev–Trinajstić information content (AvgIpc) is 2.45. The number of morpholine rings is 1. The van der Waals surface area contributed by atoms with Crippen molar-refractivity contribution in [2.24, 2.45) is 11.7 Å². The molecule has 0 spiro atoms. The minimum absolute atomic E-state index is 0.102. The number of carbonyl (C=O) groups excluding carboxylic acids is 2. The van der Waals surface area contributed by atoms with Crippen LogP contribution >= 0.6 is 0 Å². The number of likely N-dealkylation sites (N-methyl/N-ethyl adjacent to an activating group) is 1. The van der Waals surface area contributed by atoms with E-state index in [0.29, 0.717) is 19.7 Å². The molecule has 1 heterocycles. The van der Waals surface area contributed by atoms with Gasteiger partial charge in [-0.25, -0.2) is 0 Å². The highest BCUT2D eigenvalue weighted by molar-refractivity contribution is 5.90. The molecule has 1 fully saturated rings. The molecule has 3 atom stereocenters. The van der Waals surface area contributed by atoms with Crippen molar-refractivity contribution in [3.05, 3.63) is 0 Å². The predicted octanol–water partition coefficient (Wildman–Crippen LogP) is -0.277. The molecule has 0 aliphatic carbocycles. The van der Waals surface area contributed by atoms with Gasteiger partial charge in [0.1, 0.15) is 6.04 Å². The first-order valence-corrected chi connectivity index (χ1v) is 6.94. The highest BCUT2D eigenvalue weighted by atomic mass is 16.5. The van der Waals surface area contributed by atoms with Crippen LogP contribution in [-0.4, -0.2) is 55.1 Å². The summed E-state index contributed by atoms with van der Waals surface area (Å²) in [6, 6.07) is -1.11. The highest BCUT2D eigenvalue weighted by Gasteiger charge is 2.35. The Morgan fingerprint density at radius 1 is 1.47 bits per heavy atom. The van der Waals surface area contributed by atoms with E-state index in [0.717, 1.165) is 6.42 Å². The molecular formula is C13H25N3O3. The smallest absolute Gasteiger partial charge is 0.245 e. The number of amides is 2. The van der Waals surface area contributed by atoms with Crippen molar-refractivity contribution in [2.75, 3.05) is 26.3 Å². The fourth-order valence-electron chi connectivity index (χ4n) is 2.07. The number of nitrogens with zero attached hydrogens (tertiary/aromatic N) is 1. The van der Waals surface area contributed by atoms with E-state index in [4.69, 9.17) is 10.5 Å². The fourth-order valence-corrected chi connectivity index (χ4v) is 2.07. The van der Waals surface area contributed by atoms with Crippen LogP contribution in [0.25, 0.3) is 0 Å². The Bertz CT molecular complexity index is 322. The van der Waals surface area contributed by atoms with Crippen LogP contribution in [0.1, 0.15) is 27.2 Å². The van der Waals surface area contributed by atoms with E-state index in [-0.39, 0.29) is 24.3 Å². The summed E-state index contributed by atoms with van der Waals surface area (Å²) in [6.07, 6.45) is 0.836. The third-order valence-corrected chi connectivity index (χ3v) is 3.61. The van der Waals surface area contributed by atoms with Crippen molar-refractivity contribution in [1.82, 2.24) is 10.2 Å². The Balaban J connectivity index is 2.76. The molecule has 3 N–H and O–H groups in total. The first-order valence-electron chi connectivity index (χ1n) is 6.94. The van der Waals surface area contributed by atoms with Crippen LogP contribution in [0.5, 0.6) is 0 Å². The largest absolute Gasteiger partial charge is 0.377 e. The van der Waals surface area contributed by atoms with Crippen LogP contribution in [0.15, 0.2) is 0 Å². The first-order chi connectivity index (χ1) is 9.02. The number of rotatable bonds is 5. The molecule has 110 valence electrons. The second kappa shape index (κ2) is 7.45. The molecular weight excluding hydrogens is 246 g/mol. The zero-order valence-electron chi connectivity index (χ0n) is 12.0. The monoisotopic (exact) mass is 271 g/mol. The quantitative estimate of drug-likeness (QED) is 0.720. The van der Waals surface area contributed by atoms with E-state index in [1.54, 1.807) is 4.90 Å². The maximum Gasteiger partial charge on any atom is 0.245 e. The third kappa shape index (κ3) is 3.91. The second-order valence-corrected chi connectivity index (χ2v) is 4.93. The molecule has 0 aromatic rings. The molecule has 6 heteroatoms. The molecule has 1 aliphatic heterocycles. The van der Waals surface area contributed by atoms with Crippen LogP contribution in [0, 0.1) is 5.92 Å². The van der Waals surface area contributed by atoms with Gasteiger partial charge in [-0.3, -0.25) is 9.59 Å². The Morgan fingerprint density at radius 3 is 2.74 bits per heavy atom. The van der Waals surface area contributed by atoms with E-state index < -0.39 is 12.1 Å². The highest BCUT2D eigenvalue weighted by Crippen LogP contribution is 2.14. The lowest BCUT2D eigenvalue weighted by Gasteiger charge is -2.36. The standard InChI is InChI=1S/C13H25N3O3/c1-4-9(3)11(14)13(18)16-6-7-19-8-10(16)12(17)15-5-2/h9-11H,4-8,14H2,1-3H3,(H,15,17). The van der Waals surface area contributed by atoms with Crippen molar-refractivity contribution in [1.29, 1.82) is 0 Å². The van der Waals surface area contributed by atoms with Gasteiger partial charge in [-0.1, -0.05) is 20.3 Å². The molecule has 1 saturated heterocycles. The second-order valence-electron chi connectivity index (χ2n) is 4.93. The van der Waals surface area contributed by atoms with Gasteiger partial charge in [-0.15, -0.1) is 0 Å². The molecule has 2 amide bonds. The van der Waals surface area contributed by atoms with Gasteiger partial charge in [0.25, 0.3) is 0 Å². The van der Waals surface area contributed by atoms with Crippen molar-refractivity contribution < 1.29 is 14.3 Å². The van der Waals surface area contributed by atoms with Crippen molar-refractivity contribution >= 4 is 11.8 Å². The van der Waals surface area contributed by atoms with Gasteiger partial charge in [-0.2, -0.15) is 0 Å². The topological polar surface area (TPSA) is 84.7 Å². The lowest BCUT2D eigenvalue weighted by Crippen LogP contribution is -2.60. The normalized spacial score (nSPS) is 22.7. The number of hydrogen-bond donors (Lipinski definition) is 2. The van der Waals surface area contributed by atoms with Gasteiger partial charge >= 0.3 is 0 Å². The summed E-state index contributed by atoms with van der Waals surface area (Å²) in [6.45, 7) is 7.44. The van der Waals surface area contributed by atoms with Gasteiger partial charge in [0.2, 0.25) is 11.8 Å². The Morgan fingerprint density at radius 2 is 2.16 bits per heavy atom. The van der Waals surface area contributed by atoms with E-state index in [2.05, 4.69) is 5.32 Å². The molecule has 1 rings (SSSR count). The van der Waals surface area contributed by atoms with Crippen LogP contribution in [-0.2, 0) is 14.3 Å². The van der Waals surface area contributed by atoms with Gasteiger partial charge in [0.05, 0.1) is 19.3 Å². The van der Waals surface area contributed by atoms with Crippen molar-refractivity contribution in [3.63, 3.8) is 0 Å². The van der Waals surface area contributed by atoms with Gasteiger partial charge < -0.3 is 20.7 Å². The summed E-state index contributed by atoms with van der Waals surface area (Å²) >= 11 is 0. The van der Waals surface area contributed by atoms with Crippen molar-refractivity contribution in [3.8, 4) is 0 Å². The first kappa shape index (κ1) is 15.9. The molecule has 0 aromatic heterocycles. The van der Waals surface area contributed by atoms with E-state index in [9.17, 15) is 9.59 Å². The molecule has 0 bridgehead atoms. The van der Waals surface area contributed by atoms with E-state index in [1.807, 2.05) is 20.8 Å². The minimum Gasteiger partial charge on any atom is -0.377 e. The number of ether oxygens (including phenoxy) is 1. The Kier molecular flexibility index (Phi) is 6.24. The average molecular weight is 271 g/mol. The fraction of sp³-hybridized carbons (Fsp3) is 0.846. The summed E-state index contributed by atoms with van der Waals surface area (Å²) in [5, 5.41) is 2.73. The Hall–Kier alpha value is -1.14. The zero-order valence-corrected chi connectivity index (χ0v) is 12.0. The summed E-state index contributed by atoms with van der Waals surface area (Å²) in [5.41, 5.74) is 5.97. The minimum atomic E-state index is -0.559. The van der Waals surface area contributed by atoms with Crippen LogP contribution in [0.4, 0.5) is 0 Å². The summed E-state index contributed by atoms with van der Waals surface area (Å²) in [7, 11) is 0. The number of nitrogens with two attached hydrogens (primary N) is 1. The maximum absolute atomic E-state index is 12.4. The Labute approximate surface area is 114 Å². The third-order valence-electron chi connectivity index (χ3n) is 3.61. The molecule has 0 aromatic carbocycles. The number of hydrogen-bond acceptors (Lipinski definition) is 4. The molecule has 19 heavy (non-hydrogen) atoms. The lowest BCUT2D eigenvalue weighted by molar-refractivity contribution is -0.150. The van der Waals surface area contributed by atoms with Crippen LogP contribution < -0.4 is 11.1 Å². The lowest BCUT2D eigenvalue weighted by atomic mass is 9.98. The molecule has 0 radical (unpaired) electrons. The summed E-state index contributed by atoms with van der Waals surface area (Å²) in [4.78, 5) is 25.9. The SMILES string of the molecule is CCNC(=O)C1COCCN1C(=O)C(N)C(C)CC. The number of carbonyl (C=O) groups is 2. The number of nitrogens with one attached hydrogen (secondary N) is 1. The van der Waals surface area contributed by atoms with Gasteiger partial charge in [0.15, 0.2) is 0 Å². The summed E-state index contributed by atoms with van der Waals surface area (Å²) in [5.74, 6) is -0.231. The molecule has 3 unspecified atom stereocenters. The zero-order chi connectivity index (χ0) is 14.4. The van der Waals surface area contributed by atoms with Crippen molar-refractivity contribution in [2.45, 2.75) is 39.3 Å². The maximum atomic E-state index is 12.4. The summed E-state index contributed by atoms with van der Waals surface area (Å²) < 4.78 is 5.30. The van der Waals surface area contributed by atoms with Crippen LogP contribution in [0.2, 0.25) is 0 Å². The molecule has 1 aliphatic rings. The molecule has 0 saturated carbocycles. The van der Waals surface area contributed by atoms with Crippen LogP contribution in [0.3, 0.4) is 0 Å². The van der Waals surface area contributed by atoms with Gasteiger partial charge in [0, 0.05) is 13.1 Å². The molecule has 6 nitrogen and oxygen atoms in total.